The molecule has 1 aromatic heterocycles. The van der Waals surface area contributed by atoms with E-state index in [1.807, 2.05) is 31.3 Å². The maximum absolute atomic E-state index is 13.6. The van der Waals surface area contributed by atoms with Crippen LogP contribution in [0.25, 0.3) is 10.9 Å². The van der Waals surface area contributed by atoms with Crippen LogP contribution in [-0.4, -0.2) is 75.9 Å². The molecule has 0 aliphatic carbocycles. The molecule has 0 unspecified atom stereocenters. The van der Waals surface area contributed by atoms with Gasteiger partial charge in [0.2, 0.25) is 0 Å². The summed E-state index contributed by atoms with van der Waals surface area (Å²) in [5.74, 6) is 1.30. The second kappa shape index (κ2) is 7.17. The molecule has 2 aliphatic heterocycles. The van der Waals surface area contributed by atoms with E-state index in [2.05, 4.69) is 26.8 Å². The van der Waals surface area contributed by atoms with E-state index in [1.165, 1.54) is 4.09 Å². The minimum absolute atomic E-state index is 0.176. The zero-order valence-corrected chi connectivity index (χ0v) is 18.0. The minimum atomic E-state index is -3.88. The summed E-state index contributed by atoms with van der Waals surface area (Å²) < 4.78 is 34.0. The van der Waals surface area contributed by atoms with Gasteiger partial charge in [0.1, 0.15) is 12.4 Å². The normalized spacial score (nSPS) is 17.8. The van der Waals surface area contributed by atoms with E-state index in [4.69, 9.17) is 4.74 Å². The molecule has 2 aromatic carbocycles. The Labute approximate surface area is 176 Å². The van der Waals surface area contributed by atoms with Crippen LogP contribution in [0.1, 0.15) is 0 Å². The van der Waals surface area contributed by atoms with Crippen molar-refractivity contribution in [3.05, 3.63) is 42.5 Å². The van der Waals surface area contributed by atoms with Gasteiger partial charge in [0.15, 0.2) is 5.82 Å². The molecule has 0 atom stereocenters. The molecule has 1 saturated heterocycles. The van der Waals surface area contributed by atoms with Gasteiger partial charge in [0, 0.05) is 44.7 Å². The van der Waals surface area contributed by atoms with Crippen LogP contribution in [0, 0.1) is 0 Å². The number of fused-ring (bicyclic) bond motifs is 2. The number of nitrogens with zero attached hydrogens (tertiary/aromatic N) is 5. The predicted octanol–water partition coefficient (Wildman–Crippen LogP) is 1.85. The first-order chi connectivity index (χ1) is 14.4. The Morgan fingerprint density at radius 1 is 0.967 bits per heavy atom. The van der Waals surface area contributed by atoms with E-state index < -0.39 is 10.0 Å². The smallest absolute Gasteiger partial charge is 0.283 e. The van der Waals surface area contributed by atoms with E-state index >= 15 is 0 Å². The van der Waals surface area contributed by atoms with Crippen molar-refractivity contribution in [2.75, 3.05) is 63.2 Å². The molecule has 0 bridgehead atoms. The number of para-hydroxylation sites is 1. The minimum Gasteiger partial charge on any atom is -0.490 e. The van der Waals surface area contributed by atoms with Crippen molar-refractivity contribution in [2.45, 2.75) is 4.90 Å². The second-order valence-corrected chi connectivity index (χ2v) is 9.65. The zero-order chi connectivity index (χ0) is 20.9. The third-order valence-electron chi connectivity index (χ3n) is 5.89. The Balaban J connectivity index is 1.61. The van der Waals surface area contributed by atoms with Crippen molar-refractivity contribution < 1.29 is 13.2 Å². The predicted molar refractivity (Wildman–Crippen MR) is 117 cm³/mol. The lowest BCUT2D eigenvalue weighted by Gasteiger charge is -2.32. The van der Waals surface area contributed by atoms with Gasteiger partial charge in [-0.25, -0.2) is 0 Å². The van der Waals surface area contributed by atoms with Crippen LogP contribution in [0.15, 0.2) is 47.4 Å². The first-order valence-corrected chi connectivity index (χ1v) is 11.5. The third kappa shape index (κ3) is 3.09. The van der Waals surface area contributed by atoms with E-state index in [9.17, 15) is 8.42 Å². The molecule has 0 saturated carbocycles. The van der Waals surface area contributed by atoms with E-state index in [0.29, 0.717) is 17.9 Å². The molecular formula is C21H25N5O3S. The molecule has 9 heteroatoms. The fraction of sp³-hybridized carbons (Fsp3) is 0.381. The molecule has 8 nitrogen and oxygen atoms in total. The maximum Gasteiger partial charge on any atom is 0.283 e. The van der Waals surface area contributed by atoms with Gasteiger partial charge in [-0.3, -0.25) is 0 Å². The number of anilines is 2. The molecular weight excluding hydrogens is 402 g/mol. The summed E-state index contributed by atoms with van der Waals surface area (Å²) in [5, 5.41) is 5.44. The molecule has 0 N–H and O–H groups in total. The summed E-state index contributed by atoms with van der Waals surface area (Å²) in [6.45, 7) is 4.78. The highest BCUT2D eigenvalue weighted by Gasteiger charge is 2.28. The van der Waals surface area contributed by atoms with E-state index in [1.54, 1.807) is 18.2 Å². The van der Waals surface area contributed by atoms with Gasteiger partial charge in [0.25, 0.3) is 10.0 Å². The molecule has 1 fully saturated rings. The van der Waals surface area contributed by atoms with Gasteiger partial charge >= 0.3 is 0 Å². The van der Waals surface area contributed by atoms with Crippen LogP contribution < -0.4 is 14.5 Å². The van der Waals surface area contributed by atoms with Crippen molar-refractivity contribution in [3.63, 3.8) is 0 Å². The molecule has 3 heterocycles. The van der Waals surface area contributed by atoms with Crippen LogP contribution in [-0.2, 0) is 10.0 Å². The SMILES string of the molecule is CN1CCN(c2nn(S(=O)(=O)c3ccc4c(c3)OCCN4C)c3ccccc23)CC1. The number of hydrogen-bond donors (Lipinski definition) is 0. The molecule has 2 aliphatic rings. The quantitative estimate of drug-likeness (QED) is 0.632. The van der Waals surface area contributed by atoms with E-state index in [0.717, 1.165) is 49.6 Å². The molecule has 0 spiro atoms. The molecule has 3 aromatic rings. The average molecular weight is 428 g/mol. The van der Waals surface area contributed by atoms with Crippen LogP contribution in [0.4, 0.5) is 11.5 Å². The lowest BCUT2D eigenvalue weighted by atomic mass is 10.2. The largest absolute Gasteiger partial charge is 0.490 e. The number of aromatic nitrogens is 2. The van der Waals surface area contributed by atoms with Gasteiger partial charge in [-0.1, -0.05) is 12.1 Å². The third-order valence-corrected chi connectivity index (χ3v) is 7.48. The summed E-state index contributed by atoms with van der Waals surface area (Å²) in [5.41, 5.74) is 1.48. The summed E-state index contributed by atoms with van der Waals surface area (Å²) >= 11 is 0. The van der Waals surface area contributed by atoms with Crippen molar-refractivity contribution >= 4 is 32.4 Å². The summed E-state index contributed by atoms with van der Waals surface area (Å²) in [7, 11) is 0.187. The fourth-order valence-corrected chi connectivity index (χ4v) is 5.36. The summed E-state index contributed by atoms with van der Waals surface area (Å²) in [6.07, 6.45) is 0. The highest BCUT2D eigenvalue weighted by atomic mass is 32.2. The standard InChI is InChI=1S/C21H25N5O3S/c1-23-9-11-25(12-10-23)21-17-5-3-4-6-18(17)26(22-21)30(27,28)16-7-8-19-20(15-16)29-14-13-24(19)2/h3-8,15H,9-14H2,1-2H3. The van der Waals surface area contributed by atoms with Gasteiger partial charge in [0.05, 0.1) is 22.6 Å². The van der Waals surface area contributed by atoms with Gasteiger partial charge < -0.3 is 19.4 Å². The van der Waals surface area contributed by atoms with Gasteiger partial charge in [-0.05, 0) is 31.3 Å². The van der Waals surface area contributed by atoms with Crippen LogP contribution >= 0.6 is 0 Å². The number of benzene rings is 2. The highest BCUT2D eigenvalue weighted by molar-refractivity contribution is 7.90. The Hall–Kier alpha value is -2.78. The summed E-state index contributed by atoms with van der Waals surface area (Å²) in [4.78, 5) is 6.66. The molecule has 30 heavy (non-hydrogen) atoms. The van der Waals surface area contributed by atoms with Crippen molar-refractivity contribution in [1.82, 2.24) is 14.1 Å². The van der Waals surface area contributed by atoms with Gasteiger partial charge in [-0.2, -0.15) is 12.5 Å². The Kier molecular flexibility index (Phi) is 4.59. The first kappa shape index (κ1) is 19.2. The Morgan fingerprint density at radius 3 is 2.53 bits per heavy atom. The number of piperazine rings is 1. The maximum atomic E-state index is 13.6. The van der Waals surface area contributed by atoms with Crippen LogP contribution in [0.3, 0.4) is 0 Å². The first-order valence-electron chi connectivity index (χ1n) is 10.1. The Morgan fingerprint density at radius 2 is 1.73 bits per heavy atom. The zero-order valence-electron chi connectivity index (χ0n) is 17.2. The molecule has 158 valence electrons. The monoisotopic (exact) mass is 427 g/mol. The second-order valence-electron chi connectivity index (χ2n) is 7.88. The number of likely N-dealkylation sites (N-methyl/N-ethyl adjacent to an activating group) is 2. The van der Waals surface area contributed by atoms with Crippen molar-refractivity contribution in [3.8, 4) is 5.75 Å². The van der Waals surface area contributed by atoms with Crippen molar-refractivity contribution in [2.24, 2.45) is 0 Å². The highest BCUT2D eigenvalue weighted by Crippen LogP contribution is 2.35. The average Bonchev–Trinajstić information content (AvgIpc) is 3.15. The number of hydrogen-bond acceptors (Lipinski definition) is 7. The lowest BCUT2D eigenvalue weighted by Crippen LogP contribution is -2.44. The van der Waals surface area contributed by atoms with Gasteiger partial charge in [-0.15, -0.1) is 5.10 Å². The fourth-order valence-electron chi connectivity index (χ4n) is 4.06. The van der Waals surface area contributed by atoms with E-state index in [-0.39, 0.29) is 4.90 Å². The molecule has 5 rings (SSSR count). The number of ether oxygens (including phenoxy) is 1. The number of rotatable bonds is 3. The van der Waals surface area contributed by atoms with Crippen LogP contribution in [0.5, 0.6) is 5.75 Å². The van der Waals surface area contributed by atoms with Crippen molar-refractivity contribution in [1.29, 1.82) is 0 Å². The Bertz CT molecular complexity index is 1200. The topological polar surface area (TPSA) is 70.9 Å². The lowest BCUT2D eigenvalue weighted by molar-refractivity contribution is 0.310. The summed E-state index contributed by atoms with van der Waals surface area (Å²) in [6, 6.07) is 12.5. The molecule has 0 amide bonds. The van der Waals surface area contributed by atoms with Crippen LogP contribution in [0.2, 0.25) is 0 Å². The molecule has 0 radical (unpaired) electrons.